The van der Waals surface area contributed by atoms with Gasteiger partial charge < -0.3 is 5.11 Å². The molecule has 0 saturated heterocycles. The third-order valence-corrected chi connectivity index (χ3v) is 2.92. The highest BCUT2D eigenvalue weighted by molar-refractivity contribution is 4.75. The highest BCUT2D eigenvalue weighted by atomic mass is 16.3. The van der Waals surface area contributed by atoms with Crippen molar-refractivity contribution in [3.63, 3.8) is 0 Å². The largest absolute Gasteiger partial charge is 0.395 e. The lowest BCUT2D eigenvalue weighted by Crippen LogP contribution is -2.39. The first-order chi connectivity index (χ1) is 6.38. The number of nitrogens with zero attached hydrogens (tertiary/aromatic N) is 1. The summed E-state index contributed by atoms with van der Waals surface area (Å²) >= 11 is 0. The van der Waals surface area contributed by atoms with E-state index in [9.17, 15) is 0 Å². The van der Waals surface area contributed by atoms with Crippen molar-refractivity contribution in [1.82, 2.24) is 4.90 Å². The highest BCUT2D eigenvalue weighted by Crippen LogP contribution is 2.22. The number of aliphatic hydroxyl groups is 1. The molecule has 0 unspecified atom stereocenters. The van der Waals surface area contributed by atoms with E-state index in [4.69, 9.17) is 5.11 Å². The van der Waals surface area contributed by atoms with E-state index in [-0.39, 0.29) is 6.61 Å². The third-order valence-electron chi connectivity index (χ3n) is 2.92. The summed E-state index contributed by atoms with van der Waals surface area (Å²) in [4.78, 5) is 2.41. The lowest BCUT2D eigenvalue weighted by molar-refractivity contribution is 0.126. The molecule has 1 N–H and O–H groups in total. The molecule has 0 aromatic heterocycles. The van der Waals surface area contributed by atoms with Gasteiger partial charge in [-0.25, -0.2) is 0 Å². The molecule has 0 aromatic carbocycles. The van der Waals surface area contributed by atoms with Crippen molar-refractivity contribution in [2.75, 3.05) is 19.7 Å². The Bertz CT molecular complexity index is 115. The summed E-state index contributed by atoms with van der Waals surface area (Å²) in [5, 5.41) is 8.93. The van der Waals surface area contributed by atoms with Crippen LogP contribution < -0.4 is 0 Å². The first-order valence-corrected chi connectivity index (χ1v) is 5.52. The fraction of sp³-hybridized carbons (Fsp3) is 0.909. The summed E-state index contributed by atoms with van der Waals surface area (Å²) < 4.78 is 0. The van der Waals surface area contributed by atoms with E-state index in [0.29, 0.717) is 0 Å². The molecule has 2 nitrogen and oxygen atoms in total. The van der Waals surface area contributed by atoms with Gasteiger partial charge in [0, 0.05) is 12.6 Å². The predicted octanol–water partition coefficient (Wildman–Crippen LogP) is 1.84. The Labute approximate surface area is 81.9 Å². The van der Waals surface area contributed by atoms with Gasteiger partial charge in [0.25, 0.3) is 0 Å². The van der Waals surface area contributed by atoms with Crippen molar-refractivity contribution in [2.45, 2.75) is 44.6 Å². The van der Waals surface area contributed by atoms with Crippen LogP contribution in [-0.4, -0.2) is 35.7 Å². The van der Waals surface area contributed by atoms with Crippen molar-refractivity contribution >= 4 is 0 Å². The van der Waals surface area contributed by atoms with E-state index >= 15 is 0 Å². The van der Waals surface area contributed by atoms with Crippen LogP contribution >= 0.6 is 0 Å². The molecule has 0 aliphatic heterocycles. The van der Waals surface area contributed by atoms with Crippen LogP contribution in [0.3, 0.4) is 0 Å². The van der Waals surface area contributed by atoms with E-state index in [1.807, 2.05) is 0 Å². The van der Waals surface area contributed by atoms with Gasteiger partial charge in [0.1, 0.15) is 0 Å². The van der Waals surface area contributed by atoms with Crippen molar-refractivity contribution in [2.24, 2.45) is 0 Å². The molecule has 1 fully saturated rings. The fourth-order valence-corrected chi connectivity index (χ4v) is 2.25. The smallest absolute Gasteiger partial charge is 0.0558 e. The van der Waals surface area contributed by atoms with Gasteiger partial charge in [-0.15, -0.1) is 0 Å². The summed E-state index contributed by atoms with van der Waals surface area (Å²) in [7, 11) is 0. The van der Waals surface area contributed by atoms with Gasteiger partial charge >= 0.3 is 0 Å². The first-order valence-electron chi connectivity index (χ1n) is 5.52. The van der Waals surface area contributed by atoms with Gasteiger partial charge in [-0.2, -0.15) is 0 Å². The lowest BCUT2D eigenvalue weighted by Gasteiger charge is -2.33. The molecule has 1 aliphatic rings. The molecule has 0 bridgehead atoms. The second-order valence-electron chi connectivity index (χ2n) is 3.90. The average Bonchev–Trinajstić information content (AvgIpc) is 2.19. The second kappa shape index (κ2) is 6.39. The Hall–Kier alpha value is -0.0800. The highest BCUT2D eigenvalue weighted by Gasteiger charge is 2.19. The molecule has 1 rings (SSSR count). The Balaban J connectivity index is 2.32. The minimum Gasteiger partial charge on any atom is -0.395 e. The van der Waals surface area contributed by atoms with Crippen LogP contribution in [0.2, 0.25) is 0 Å². The van der Waals surface area contributed by atoms with Crippen LogP contribution in [0.5, 0.6) is 0 Å². The van der Waals surface area contributed by atoms with E-state index in [0.717, 1.165) is 25.6 Å². The summed E-state index contributed by atoms with van der Waals surface area (Å²) in [6.07, 6.45) is 7.72. The Morgan fingerprint density at radius 1 is 1.15 bits per heavy atom. The number of hydrogen-bond donors (Lipinski definition) is 1. The zero-order valence-corrected chi connectivity index (χ0v) is 8.54. The third kappa shape index (κ3) is 3.65. The van der Waals surface area contributed by atoms with E-state index in [2.05, 4.69) is 11.8 Å². The molecule has 0 aromatic rings. The Kier molecular flexibility index (Phi) is 5.40. The number of rotatable bonds is 5. The molecule has 1 aliphatic carbocycles. The topological polar surface area (TPSA) is 23.5 Å². The molecule has 1 saturated carbocycles. The van der Waals surface area contributed by atoms with Gasteiger partial charge in [-0.05, 0) is 25.8 Å². The minimum absolute atomic E-state index is 0.288. The quantitative estimate of drug-likeness (QED) is 0.704. The molecule has 13 heavy (non-hydrogen) atoms. The zero-order valence-electron chi connectivity index (χ0n) is 8.54. The van der Waals surface area contributed by atoms with Crippen molar-refractivity contribution < 1.29 is 5.11 Å². The maximum absolute atomic E-state index is 8.93. The molecule has 0 heterocycles. The molecule has 0 spiro atoms. The van der Waals surface area contributed by atoms with Crippen LogP contribution in [0.4, 0.5) is 0 Å². The van der Waals surface area contributed by atoms with Gasteiger partial charge in [-0.3, -0.25) is 4.90 Å². The Morgan fingerprint density at radius 3 is 2.38 bits per heavy atom. The number of hydrogen-bond acceptors (Lipinski definition) is 2. The van der Waals surface area contributed by atoms with Crippen LogP contribution in [0.1, 0.15) is 38.5 Å². The van der Waals surface area contributed by atoms with E-state index in [1.54, 1.807) is 0 Å². The summed E-state index contributed by atoms with van der Waals surface area (Å²) in [6.45, 7) is 6.05. The molecular formula is C11H22NO. The fourth-order valence-electron chi connectivity index (χ4n) is 2.25. The van der Waals surface area contributed by atoms with E-state index in [1.165, 1.54) is 32.1 Å². The molecule has 0 atom stereocenters. The van der Waals surface area contributed by atoms with Crippen LogP contribution in [0.15, 0.2) is 0 Å². The monoisotopic (exact) mass is 184 g/mol. The Morgan fingerprint density at radius 2 is 1.85 bits per heavy atom. The van der Waals surface area contributed by atoms with Gasteiger partial charge in [-0.1, -0.05) is 26.2 Å². The van der Waals surface area contributed by atoms with Crippen LogP contribution in [0, 0.1) is 6.92 Å². The van der Waals surface area contributed by atoms with Gasteiger partial charge in [0.15, 0.2) is 0 Å². The standard InChI is InChI=1S/C11H22NO/c1-2-8-12(9-10-13)11-6-4-3-5-7-11/h11,13H,1-10H2. The zero-order chi connectivity index (χ0) is 9.52. The van der Waals surface area contributed by atoms with Crippen molar-refractivity contribution in [3.8, 4) is 0 Å². The molecule has 0 amide bonds. The molecule has 1 radical (unpaired) electrons. The second-order valence-corrected chi connectivity index (χ2v) is 3.90. The van der Waals surface area contributed by atoms with Crippen LogP contribution in [0.25, 0.3) is 0 Å². The molecule has 2 heteroatoms. The van der Waals surface area contributed by atoms with Gasteiger partial charge in [0.2, 0.25) is 0 Å². The first kappa shape index (κ1) is 11.0. The minimum atomic E-state index is 0.288. The predicted molar refractivity (Wildman–Crippen MR) is 55.5 cm³/mol. The average molecular weight is 184 g/mol. The summed E-state index contributed by atoms with van der Waals surface area (Å²) in [5.41, 5.74) is 0. The van der Waals surface area contributed by atoms with Gasteiger partial charge in [0.05, 0.1) is 6.61 Å². The molecular weight excluding hydrogens is 162 g/mol. The van der Waals surface area contributed by atoms with Crippen molar-refractivity contribution in [3.05, 3.63) is 6.92 Å². The maximum atomic E-state index is 8.93. The van der Waals surface area contributed by atoms with E-state index < -0.39 is 0 Å². The van der Waals surface area contributed by atoms with Crippen LogP contribution in [-0.2, 0) is 0 Å². The SMILES string of the molecule is [CH2]CCN(CCO)C1CCCCC1. The normalized spacial score (nSPS) is 19.6. The summed E-state index contributed by atoms with van der Waals surface area (Å²) in [6, 6.07) is 0.725. The summed E-state index contributed by atoms with van der Waals surface area (Å²) in [5.74, 6) is 0. The maximum Gasteiger partial charge on any atom is 0.0558 e. The lowest BCUT2D eigenvalue weighted by atomic mass is 9.94. The number of aliphatic hydroxyl groups excluding tert-OH is 1. The van der Waals surface area contributed by atoms with Crippen molar-refractivity contribution in [1.29, 1.82) is 0 Å². The molecule has 77 valence electrons.